The molecule has 7 nitrogen and oxygen atoms in total. The van der Waals surface area contributed by atoms with Crippen LogP contribution in [0.4, 0.5) is 39.4 Å². The van der Waals surface area contributed by atoms with Crippen molar-refractivity contribution in [3.05, 3.63) is 82.8 Å². The van der Waals surface area contributed by atoms with Crippen LogP contribution in [0.2, 0.25) is 5.02 Å². The summed E-state index contributed by atoms with van der Waals surface area (Å²) in [4.78, 5) is 24.8. The molecule has 0 saturated heterocycles. The van der Waals surface area contributed by atoms with Crippen molar-refractivity contribution in [1.82, 2.24) is 10.2 Å². The minimum atomic E-state index is -4.70. The van der Waals surface area contributed by atoms with Gasteiger partial charge in [-0.15, -0.1) is 0 Å². The van der Waals surface area contributed by atoms with Crippen LogP contribution in [-0.2, 0) is 6.18 Å². The van der Waals surface area contributed by atoms with Crippen LogP contribution >= 0.6 is 11.6 Å². The number of benzene rings is 3. The number of rotatable bonds is 4. The molecule has 34 heavy (non-hydrogen) atoms. The zero-order valence-electron chi connectivity index (χ0n) is 16.9. The van der Waals surface area contributed by atoms with Gasteiger partial charge in [-0.3, -0.25) is 9.89 Å². The molecule has 0 atom stereocenters. The third-order valence-electron chi connectivity index (χ3n) is 4.70. The lowest BCUT2D eigenvalue weighted by molar-refractivity contribution is -0.137. The molecule has 4 aromatic rings. The lowest BCUT2D eigenvalue weighted by atomic mass is 10.1. The summed E-state index contributed by atoms with van der Waals surface area (Å²) in [6, 6.07) is 10.2. The first kappa shape index (κ1) is 23.1. The molecule has 12 heteroatoms. The number of alkyl halides is 3. The molecule has 0 aliphatic rings. The summed E-state index contributed by atoms with van der Waals surface area (Å²) in [5.74, 6) is -1.60. The van der Waals surface area contributed by atoms with Crippen LogP contribution in [-0.4, -0.2) is 22.1 Å². The van der Waals surface area contributed by atoms with Crippen LogP contribution in [0.3, 0.4) is 0 Å². The fourth-order valence-corrected chi connectivity index (χ4v) is 3.33. The third kappa shape index (κ3) is 5.09. The standard InChI is InChI=1S/C22H14ClF4N5O2/c23-17-4-1-14(9-16(17)22(25,26)27)31-21(34)30-13-2-5-18(24)15(8-13)20(33)29-12-3-6-19-11(7-12)10-28-32-19/h1-10H,(H,28,32)(H,29,33)(H2,30,31,34). The molecule has 4 N–H and O–H groups in total. The second-order valence-corrected chi connectivity index (χ2v) is 7.50. The van der Waals surface area contributed by atoms with Crippen LogP contribution in [0, 0.1) is 5.82 Å². The number of anilines is 3. The van der Waals surface area contributed by atoms with Crippen LogP contribution in [0.15, 0.2) is 60.8 Å². The van der Waals surface area contributed by atoms with E-state index in [0.29, 0.717) is 11.8 Å². The number of carbonyl (C=O) groups excluding carboxylic acids is 2. The summed E-state index contributed by atoms with van der Waals surface area (Å²) in [7, 11) is 0. The molecule has 4 rings (SSSR count). The molecule has 174 valence electrons. The van der Waals surface area contributed by atoms with Gasteiger partial charge in [-0.25, -0.2) is 9.18 Å². The number of hydrogen-bond acceptors (Lipinski definition) is 3. The fraction of sp³-hybridized carbons (Fsp3) is 0.0455. The quantitative estimate of drug-likeness (QED) is 0.253. The molecule has 0 spiro atoms. The molecule has 0 radical (unpaired) electrons. The van der Waals surface area contributed by atoms with E-state index in [-0.39, 0.29) is 16.9 Å². The van der Waals surface area contributed by atoms with Crippen molar-refractivity contribution < 1.29 is 27.2 Å². The van der Waals surface area contributed by atoms with E-state index in [2.05, 4.69) is 26.1 Å². The van der Waals surface area contributed by atoms with E-state index in [1.54, 1.807) is 24.4 Å². The maximum atomic E-state index is 14.3. The molecule has 0 fully saturated rings. The molecule has 1 aromatic heterocycles. The molecule has 3 aromatic carbocycles. The second kappa shape index (κ2) is 9.02. The molecule has 0 unspecified atom stereocenters. The Labute approximate surface area is 194 Å². The third-order valence-corrected chi connectivity index (χ3v) is 5.03. The average Bonchev–Trinajstić information content (AvgIpc) is 3.23. The number of hydrogen-bond donors (Lipinski definition) is 4. The number of aromatic amines is 1. The highest BCUT2D eigenvalue weighted by molar-refractivity contribution is 6.31. The minimum Gasteiger partial charge on any atom is -0.322 e. The van der Waals surface area contributed by atoms with Crippen molar-refractivity contribution in [3.63, 3.8) is 0 Å². The molecule has 0 bridgehead atoms. The zero-order chi connectivity index (χ0) is 24.5. The van der Waals surface area contributed by atoms with Crippen molar-refractivity contribution in [2.24, 2.45) is 0 Å². The van der Waals surface area contributed by atoms with E-state index < -0.39 is 34.5 Å². The monoisotopic (exact) mass is 491 g/mol. The number of fused-ring (bicyclic) bond motifs is 1. The van der Waals surface area contributed by atoms with Gasteiger partial charge in [0, 0.05) is 22.4 Å². The van der Waals surface area contributed by atoms with Gasteiger partial charge in [0.15, 0.2) is 0 Å². The Hall–Kier alpha value is -4.12. The Morgan fingerprint density at radius 3 is 2.26 bits per heavy atom. The lowest BCUT2D eigenvalue weighted by Crippen LogP contribution is -2.21. The molecule has 1 heterocycles. The highest BCUT2D eigenvalue weighted by Gasteiger charge is 2.33. The van der Waals surface area contributed by atoms with Gasteiger partial charge in [-0.1, -0.05) is 11.6 Å². The van der Waals surface area contributed by atoms with E-state index in [9.17, 15) is 27.2 Å². The average molecular weight is 492 g/mol. The highest BCUT2D eigenvalue weighted by atomic mass is 35.5. The van der Waals surface area contributed by atoms with Crippen LogP contribution in [0.25, 0.3) is 10.9 Å². The maximum absolute atomic E-state index is 14.3. The molecular weight excluding hydrogens is 478 g/mol. The largest absolute Gasteiger partial charge is 0.417 e. The predicted molar refractivity (Wildman–Crippen MR) is 120 cm³/mol. The first-order valence-electron chi connectivity index (χ1n) is 9.59. The summed E-state index contributed by atoms with van der Waals surface area (Å²) in [5, 5.41) is 14.0. The first-order chi connectivity index (χ1) is 16.1. The number of carbonyl (C=O) groups is 2. The Kier molecular flexibility index (Phi) is 6.12. The lowest BCUT2D eigenvalue weighted by Gasteiger charge is -2.13. The van der Waals surface area contributed by atoms with E-state index >= 15 is 0 Å². The van der Waals surface area contributed by atoms with Gasteiger partial charge < -0.3 is 16.0 Å². The van der Waals surface area contributed by atoms with Gasteiger partial charge in [0.05, 0.1) is 27.9 Å². The summed E-state index contributed by atoms with van der Waals surface area (Å²) in [5.41, 5.74) is -0.428. The van der Waals surface area contributed by atoms with E-state index in [4.69, 9.17) is 11.6 Å². The van der Waals surface area contributed by atoms with Gasteiger partial charge in [0.1, 0.15) is 5.82 Å². The van der Waals surface area contributed by atoms with E-state index in [1.165, 1.54) is 12.1 Å². The topological polar surface area (TPSA) is 98.9 Å². The predicted octanol–water partition coefficient (Wildman–Crippen LogP) is 6.27. The molecule has 0 aliphatic carbocycles. The number of halogens is 5. The SMILES string of the molecule is O=C(Nc1ccc(F)c(C(=O)Nc2ccc3[nH]ncc3c2)c1)Nc1ccc(Cl)c(C(F)(F)F)c1. The Morgan fingerprint density at radius 2 is 1.53 bits per heavy atom. The Balaban J connectivity index is 1.47. The Bertz CT molecular complexity index is 1400. The van der Waals surface area contributed by atoms with E-state index in [1.807, 2.05) is 0 Å². The smallest absolute Gasteiger partial charge is 0.322 e. The van der Waals surface area contributed by atoms with Crippen molar-refractivity contribution in [2.75, 3.05) is 16.0 Å². The summed E-state index contributed by atoms with van der Waals surface area (Å²) in [6.07, 6.45) is -3.14. The van der Waals surface area contributed by atoms with Gasteiger partial charge in [0.2, 0.25) is 0 Å². The van der Waals surface area contributed by atoms with Gasteiger partial charge in [-0.05, 0) is 54.6 Å². The van der Waals surface area contributed by atoms with Crippen molar-refractivity contribution in [2.45, 2.75) is 6.18 Å². The number of nitrogens with zero attached hydrogens (tertiary/aromatic N) is 1. The van der Waals surface area contributed by atoms with Gasteiger partial charge >= 0.3 is 12.2 Å². The van der Waals surface area contributed by atoms with Crippen molar-refractivity contribution >= 4 is 51.5 Å². The van der Waals surface area contributed by atoms with Crippen LogP contribution in [0.5, 0.6) is 0 Å². The first-order valence-corrected chi connectivity index (χ1v) is 9.97. The number of H-pyrrole nitrogens is 1. The van der Waals surface area contributed by atoms with Gasteiger partial charge in [0.25, 0.3) is 5.91 Å². The Morgan fingerprint density at radius 1 is 0.882 bits per heavy atom. The van der Waals surface area contributed by atoms with E-state index in [0.717, 1.165) is 29.1 Å². The van der Waals surface area contributed by atoms with Crippen LogP contribution in [0.1, 0.15) is 15.9 Å². The molecular formula is C22H14ClF4N5O2. The number of urea groups is 1. The summed E-state index contributed by atoms with van der Waals surface area (Å²) in [6.45, 7) is 0. The highest BCUT2D eigenvalue weighted by Crippen LogP contribution is 2.36. The summed E-state index contributed by atoms with van der Waals surface area (Å²) < 4.78 is 53.3. The minimum absolute atomic E-state index is 0.0411. The van der Waals surface area contributed by atoms with Crippen LogP contribution < -0.4 is 16.0 Å². The molecule has 3 amide bonds. The van der Waals surface area contributed by atoms with Crippen molar-refractivity contribution in [3.8, 4) is 0 Å². The second-order valence-electron chi connectivity index (χ2n) is 7.09. The maximum Gasteiger partial charge on any atom is 0.417 e. The number of aromatic nitrogens is 2. The number of amides is 3. The summed E-state index contributed by atoms with van der Waals surface area (Å²) >= 11 is 5.56. The zero-order valence-corrected chi connectivity index (χ0v) is 17.7. The van der Waals surface area contributed by atoms with Gasteiger partial charge in [-0.2, -0.15) is 18.3 Å². The normalized spacial score (nSPS) is 11.3. The molecule has 0 saturated carbocycles. The fourth-order valence-electron chi connectivity index (χ4n) is 3.11. The molecule has 0 aliphatic heterocycles. The van der Waals surface area contributed by atoms with Crippen molar-refractivity contribution in [1.29, 1.82) is 0 Å². The number of nitrogens with one attached hydrogen (secondary N) is 4.